The van der Waals surface area contributed by atoms with Crippen LogP contribution in [0, 0.1) is 5.82 Å². The zero-order valence-corrected chi connectivity index (χ0v) is 18.3. The molecule has 33 heavy (non-hydrogen) atoms. The monoisotopic (exact) mass is 465 g/mol. The van der Waals surface area contributed by atoms with Crippen molar-refractivity contribution in [1.29, 1.82) is 0 Å². The Labute approximate surface area is 190 Å². The van der Waals surface area contributed by atoms with Crippen LogP contribution >= 0.6 is 0 Å². The first-order valence-corrected chi connectivity index (χ1v) is 11.9. The van der Waals surface area contributed by atoms with Crippen molar-refractivity contribution in [2.24, 2.45) is 0 Å². The number of piperazine rings is 1. The van der Waals surface area contributed by atoms with Crippen molar-refractivity contribution in [3.8, 4) is 11.3 Å². The van der Waals surface area contributed by atoms with Gasteiger partial charge in [0, 0.05) is 37.3 Å². The van der Waals surface area contributed by atoms with E-state index in [1.165, 1.54) is 22.5 Å². The highest BCUT2D eigenvalue weighted by Crippen LogP contribution is 2.29. The van der Waals surface area contributed by atoms with Crippen LogP contribution in [-0.4, -0.2) is 54.9 Å². The number of hydrogen-bond acceptors (Lipinski definition) is 5. The predicted molar refractivity (Wildman–Crippen MR) is 121 cm³/mol. The van der Waals surface area contributed by atoms with Gasteiger partial charge in [-0.15, -0.1) is 0 Å². The molecule has 0 radical (unpaired) electrons. The van der Waals surface area contributed by atoms with Crippen LogP contribution < -0.4 is 0 Å². The molecular formula is C24H20FN3O4S. The molecule has 4 aromatic rings. The summed E-state index contributed by atoms with van der Waals surface area (Å²) in [6.45, 7) is 0.742. The van der Waals surface area contributed by atoms with Crippen molar-refractivity contribution in [3.05, 3.63) is 84.2 Å². The van der Waals surface area contributed by atoms with Crippen LogP contribution in [0.3, 0.4) is 0 Å². The highest BCUT2D eigenvalue weighted by Gasteiger charge is 2.31. The molecule has 168 valence electrons. The first-order chi connectivity index (χ1) is 15.9. The summed E-state index contributed by atoms with van der Waals surface area (Å²) < 4.78 is 45.9. The minimum Gasteiger partial charge on any atom is -0.355 e. The predicted octanol–water partition coefficient (Wildman–Crippen LogP) is 3.78. The number of carbonyl (C=O) groups excluding carboxylic acids is 1. The minimum atomic E-state index is -3.82. The molecule has 7 nitrogen and oxygen atoms in total. The number of halogens is 1. The Hall–Kier alpha value is -3.56. The van der Waals surface area contributed by atoms with Crippen molar-refractivity contribution in [2.45, 2.75) is 4.90 Å². The lowest BCUT2D eigenvalue weighted by Crippen LogP contribution is -2.50. The standard InChI is InChI=1S/C24H20FN3O4S/c25-19-7-4-8-20(16-19)33(30,31)28-13-11-27(12-14-28)24(29)18-9-10-22-21(15-18)23(32-26-22)17-5-2-1-3-6-17/h1-10,15-16H,11-14H2. The summed E-state index contributed by atoms with van der Waals surface area (Å²) in [5, 5.41) is 4.82. The Kier molecular flexibility index (Phi) is 5.43. The molecule has 0 aliphatic carbocycles. The van der Waals surface area contributed by atoms with Crippen LogP contribution in [0.25, 0.3) is 22.2 Å². The van der Waals surface area contributed by atoms with Crippen LogP contribution in [0.4, 0.5) is 4.39 Å². The molecule has 0 bridgehead atoms. The summed E-state index contributed by atoms with van der Waals surface area (Å²) in [6, 6.07) is 19.7. The summed E-state index contributed by atoms with van der Waals surface area (Å²) in [7, 11) is -3.82. The molecule has 1 amide bonds. The Bertz CT molecular complexity index is 1430. The smallest absolute Gasteiger partial charge is 0.253 e. The number of hydrogen-bond donors (Lipinski definition) is 0. The molecule has 0 spiro atoms. The molecule has 1 saturated heterocycles. The van der Waals surface area contributed by atoms with E-state index in [-0.39, 0.29) is 37.0 Å². The molecule has 1 fully saturated rings. The van der Waals surface area contributed by atoms with Gasteiger partial charge < -0.3 is 9.42 Å². The zero-order valence-electron chi connectivity index (χ0n) is 17.5. The maximum Gasteiger partial charge on any atom is 0.253 e. The molecule has 3 aromatic carbocycles. The Morgan fingerprint density at radius 2 is 1.67 bits per heavy atom. The van der Waals surface area contributed by atoms with Gasteiger partial charge in [0.05, 0.1) is 10.3 Å². The Morgan fingerprint density at radius 1 is 0.909 bits per heavy atom. The largest absolute Gasteiger partial charge is 0.355 e. The van der Waals surface area contributed by atoms with E-state index in [0.29, 0.717) is 16.8 Å². The number of amides is 1. The molecular weight excluding hydrogens is 445 g/mol. The second kappa shape index (κ2) is 8.42. The molecule has 0 atom stereocenters. The molecule has 9 heteroatoms. The van der Waals surface area contributed by atoms with Crippen LogP contribution in [0.2, 0.25) is 0 Å². The summed E-state index contributed by atoms with van der Waals surface area (Å²) in [5.74, 6) is -0.213. The molecule has 0 unspecified atom stereocenters. The van der Waals surface area contributed by atoms with Gasteiger partial charge in [-0.2, -0.15) is 4.31 Å². The van der Waals surface area contributed by atoms with Crippen molar-refractivity contribution >= 4 is 26.8 Å². The fraction of sp³-hybridized carbons (Fsp3) is 0.167. The average molecular weight is 466 g/mol. The van der Waals surface area contributed by atoms with E-state index in [0.717, 1.165) is 17.0 Å². The van der Waals surface area contributed by atoms with Crippen molar-refractivity contribution in [2.75, 3.05) is 26.2 Å². The lowest BCUT2D eigenvalue weighted by molar-refractivity contribution is 0.0698. The van der Waals surface area contributed by atoms with E-state index >= 15 is 0 Å². The van der Waals surface area contributed by atoms with E-state index in [1.54, 1.807) is 23.1 Å². The van der Waals surface area contributed by atoms with Gasteiger partial charge in [-0.3, -0.25) is 4.79 Å². The summed E-state index contributed by atoms with van der Waals surface area (Å²) in [5.41, 5.74) is 1.99. The number of carbonyl (C=O) groups is 1. The minimum absolute atomic E-state index is 0.0892. The molecule has 1 aromatic heterocycles. The molecule has 0 saturated carbocycles. The quantitative estimate of drug-likeness (QED) is 0.458. The number of fused-ring (bicyclic) bond motifs is 1. The van der Waals surface area contributed by atoms with Gasteiger partial charge in [-0.25, -0.2) is 12.8 Å². The molecule has 2 heterocycles. The number of sulfonamides is 1. The van der Waals surface area contributed by atoms with E-state index in [4.69, 9.17) is 4.52 Å². The lowest BCUT2D eigenvalue weighted by Gasteiger charge is -2.34. The van der Waals surface area contributed by atoms with Gasteiger partial charge in [0.25, 0.3) is 5.91 Å². The third-order valence-electron chi connectivity index (χ3n) is 5.72. The number of nitrogens with zero attached hydrogens (tertiary/aromatic N) is 3. The fourth-order valence-corrected chi connectivity index (χ4v) is 5.42. The fourth-order valence-electron chi connectivity index (χ4n) is 3.96. The van der Waals surface area contributed by atoms with Crippen molar-refractivity contribution in [1.82, 2.24) is 14.4 Å². The normalized spacial score (nSPS) is 15.1. The topological polar surface area (TPSA) is 83.7 Å². The van der Waals surface area contributed by atoms with Crippen LogP contribution in [-0.2, 0) is 10.0 Å². The van der Waals surface area contributed by atoms with Crippen LogP contribution in [0.1, 0.15) is 10.4 Å². The highest BCUT2D eigenvalue weighted by molar-refractivity contribution is 7.89. The average Bonchev–Trinajstić information content (AvgIpc) is 3.27. The SMILES string of the molecule is O=C(c1ccc2noc(-c3ccccc3)c2c1)N1CCN(S(=O)(=O)c2cccc(F)c2)CC1. The maximum atomic E-state index is 13.5. The number of benzene rings is 3. The maximum absolute atomic E-state index is 13.5. The van der Waals surface area contributed by atoms with Gasteiger partial charge in [-0.1, -0.05) is 41.6 Å². The van der Waals surface area contributed by atoms with Crippen molar-refractivity contribution < 1.29 is 22.1 Å². The zero-order chi connectivity index (χ0) is 23.0. The summed E-state index contributed by atoms with van der Waals surface area (Å²) >= 11 is 0. The third kappa shape index (κ3) is 4.01. The van der Waals surface area contributed by atoms with Gasteiger partial charge in [-0.05, 0) is 36.4 Å². The second-order valence-corrected chi connectivity index (χ2v) is 9.70. The van der Waals surface area contributed by atoms with Gasteiger partial charge in [0.1, 0.15) is 11.3 Å². The van der Waals surface area contributed by atoms with E-state index in [1.807, 2.05) is 30.3 Å². The van der Waals surface area contributed by atoms with Gasteiger partial charge in [0.2, 0.25) is 10.0 Å². The van der Waals surface area contributed by atoms with Gasteiger partial charge >= 0.3 is 0 Å². The van der Waals surface area contributed by atoms with E-state index < -0.39 is 15.8 Å². The van der Waals surface area contributed by atoms with E-state index in [9.17, 15) is 17.6 Å². The Morgan fingerprint density at radius 3 is 2.39 bits per heavy atom. The van der Waals surface area contributed by atoms with Crippen molar-refractivity contribution in [3.63, 3.8) is 0 Å². The third-order valence-corrected chi connectivity index (χ3v) is 7.61. The highest BCUT2D eigenvalue weighted by atomic mass is 32.2. The van der Waals surface area contributed by atoms with Gasteiger partial charge in [0.15, 0.2) is 5.76 Å². The molecule has 0 N–H and O–H groups in total. The van der Waals surface area contributed by atoms with E-state index in [2.05, 4.69) is 5.16 Å². The molecule has 1 aliphatic rings. The van der Waals surface area contributed by atoms with Crippen LogP contribution in [0.15, 0.2) is 82.2 Å². The first-order valence-electron chi connectivity index (χ1n) is 10.4. The molecule has 1 aliphatic heterocycles. The van der Waals surface area contributed by atoms with Crippen LogP contribution in [0.5, 0.6) is 0 Å². The first kappa shape index (κ1) is 21.3. The number of aromatic nitrogens is 1. The number of rotatable bonds is 4. The Balaban J connectivity index is 1.34. The summed E-state index contributed by atoms with van der Waals surface area (Å²) in [4.78, 5) is 14.7. The lowest BCUT2D eigenvalue weighted by atomic mass is 10.1. The molecule has 5 rings (SSSR count). The second-order valence-electron chi connectivity index (χ2n) is 7.76. The summed E-state index contributed by atoms with van der Waals surface area (Å²) in [6.07, 6.45) is 0.